The third kappa shape index (κ3) is 5.58. The lowest BCUT2D eigenvalue weighted by atomic mass is 9.93. The van der Waals surface area contributed by atoms with Crippen LogP contribution in [0, 0.1) is 0 Å². The minimum absolute atomic E-state index is 0.144. The Hall–Kier alpha value is -2.74. The van der Waals surface area contributed by atoms with Crippen LogP contribution in [0.1, 0.15) is 59.2 Å². The molecule has 1 unspecified atom stereocenters. The predicted molar refractivity (Wildman–Crippen MR) is 133 cm³/mol. The van der Waals surface area contributed by atoms with Crippen molar-refractivity contribution in [2.45, 2.75) is 50.6 Å². The SMILES string of the molecule is CN(C1CCCCC1)C1CC(=O)N(c2ccc(C(=O)OCC(=O)c3ccc(Cl)cc3Cl)cc2)C1=O. The first-order valence-electron chi connectivity index (χ1n) is 11.6. The first-order chi connectivity index (χ1) is 16.8. The summed E-state index contributed by atoms with van der Waals surface area (Å²) < 4.78 is 5.12. The number of ether oxygens (including phenoxy) is 1. The van der Waals surface area contributed by atoms with Gasteiger partial charge in [0, 0.05) is 16.6 Å². The second kappa shape index (κ2) is 10.9. The molecule has 1 atom stereocenters. The Morgan fingerprint density at radius 3 is 2.37 bits per heavy atom. The molecule has 2 aliphatic rings. The number of anilines is 1. The summed E-state index contributed by atoms with van der Waals surface area (Å²) in [6, 6.07) is 10.3. The molecule has 0 radical (unpaired) electrons. The fourth-order valence-electron chi connectivity index (χ4n) is 4.70. The summed E-state index contributed by atoms with van der Waals surface area (Å²) >= 11 is 11.9. The van der Waals surface area contributed by atoms with Gasteiger partial charge in [-0.2, -0.15) is 0 Å². The lowest BCUT2D eigenvalue weighted by Gasteiger charge is -2.34. The molecule has 1 heterocycles. The molecular formula is C26H26Cl2N2O5. The number of nitrogens with zero attached hydrogens (tertiary/aromatic N) is 2. The van der Waals surface area contributed by atoms with Gasteiger partial charge in [-0.05, 0) is 62.4 Å². The second-order valence-corrected chi connectivity index (χ2v) is 9.76. The highest BCUT2D eigenvalue weighted by atomic mass is 35.5. The number of carbonyl (C=O) groups is 4. The Bertz CT molecular complexity index is 1140. The van der Waals surface area contributed by atoms with Crippen LogP contribution in [0.2, 0.25) is 10.0 Å². The molecule has 184 valence electrons. The molecule has 2 aromatic rings. The number of esters is 1. The van der Waals surface area contributed by atoms with Crippen LogP contribution in [0.25, 0.3) is 0 Å². The summed E-state index contributed by atoms with van der Waals surface area (Å²) in [5.74, 6) is -1.67. The zero-order valence-corrected chi connectivity index (χ0v) is 20.8. The van der Waals surface area contributed by atoms with Crippen molar-refractivity contribution >= 4 is 52.5 Å². The minimum atomic E-state index is -0.705. The Balaban J connectivity index is 1.38. The van der Waals surface area contributed by atoms with E-state index >= 15 is 0 Å². The first-order valence-corrected chi connectivity index (χ1v) is 12.4. The molecular weight excluding hydrogens is 491 g/mol. The maximum absolute atomic E-state index is 13.1. The quantitative estimate of drug-likeness (QED) is 0.294. The Kier molecular flexibility index (Phi) is 7.89. The van der Waals surface area contributed by atoms with Crippen LogP contribution in [0.15, 0.2) is 42.5 Å². The number of ketones is 1. The van der Waals surface area contributed by atoms with E-state index in [1.165, 1.54) is 53.8 Å². The molecule has 0 N–H and O–H groups in total. The van der Waals surface area contributed by atoms with Gasteiger partial charge in [0.15, 0.2) is 6.61 Å². The summed E-state index contributed by atoms with van der Waals surface area (Å²) in [5, 5.41) is 0.570. The van der Waals surface area contributed by atoms with Gasteiger partial charge >= 0.3 is 5.97 Å². The van der Waals surface area contributed by atoms with Gasteiger partial charge in [-0.25, -0.2) is 9.69 Å². The van der Waals surface area contributed by atoms with Gasteiger partial charge in [0.1, 0.15) is 0 Å². The van der Waals surface area contributed by atoms with E-state index in [-0.39, 0.29) is 34.4 Å². The van der Waals surface area contributed by atoms with E-state index in [4.69, 9.17) is 27.9 Å². The second-order valence-electron chi connectivity index (χ2n) is 8.91. The average Bonchev–Trinajstić information content (AvgIpc) is 3.16. The zero-order chi connectivity index (χ0) is 25.1. The Labute approximate surface area is 213 Å². The molecule has 1 aliphatic heterocycles. The van der Waals surface area contributed by atoms with Crippen molar-refractivity contribution in [2.75, 3.05) is 18.6 Å². The van der Waals surface area contributed by atoms with E-state index in [9.17, 15) is 19.2 Å². The van der Waals surface area contributed by atoms with Crippen molar-refractivity contribution in [2.24, 2.45) is 0 Å². The Morgan fingerprint density at radius 1 is 1.03 bits per heavy atom. The van der Waals surface area contributed by atoms with Crippen molar-refractivity contribution in [1.29, 1.82) is 0 Å². The molecule has 9 heteroatoms. The molecule has 1 saturated carbocycles. The molecule has 2 aromatic carbocycles. The maximum Gasteiger partial charge on any atom is 0.338 e. The van der Waals surface area contributed by atoms with Gasteiger partial charge in [-0.1, -0.05) is 42.5 Å². The molecule has 35 heavy (non-hydrogen) atoms. The van der Waals surface area contributed by atoms with Crippen molar-refractivity contribution in [1.82, 2.24) is 4.90 Å². The number of hydrogen-bond donors (Lipinski definition) is 0. The highest BCUT2D eigenvalue weighted by Gasteiger charge is 2.43. The van der Waals surface area contributed by atoms with Crippen molar-refractivity contribution in [3.05, 3.63) is 63.6 Å². The van der Waals surface area contributed by atoms with Crippen LogP contribution in [0.3, 0.4) is 0 Å². The number of halogens is 2. The average molecular weight is 517 g/mol. The van der Waals surface area contributed by atoms with Gasteiger partial charge < -0.3 is 4.74 Å². The summed E-state index contributed by atoms with van der Waals surface area (Å²) in [4.78, 5) is 53.8. The van der Waals surface area contributed by atoms with Crippen LogP contribution in [0.4, 0.5) is 5.69 Å². The smallest absolute Gasteiger partial charge is 0.338 e. The highest BCUT2D eigenvalue weighted by molar-refractivity contribution is 6.36. The van der Waals surface area contributed by atoms with Crippen molar-refractivity contribution in [3.8, 4) is 0 Å². The lowest BCUT2D eigenvalue weighted by molar-refractivity contribution is -0.123. The Morgan fingerprint density at radius 2 is 1.71 bits per heavy atom. The minimum Gasteiger partial charge on any atom is -0.454 e. The summed E-state index contributed by atoms with van der Waals surface area (Å²) in [7, 11) is 1.92. The zero-order valence-electron chi connectivity index (χ0n) is 19.3. The van der Waals surface area contributed by atoms with Gasteiger partial charge in [0.05, 0.1) is 28.7 Å². The number of amides is 2. The summed E-state index contributed by atoms with van der Waals surface area (Å²) in [5.41, 5.74) is 0.803. The molecule has 0 aromatic heterocycles. The standard InChI is InChI=1S/C26H26Cl2N2O5/c1-29(18-5-3-2-4-6-18)22-14-24(32)30(25(22)33)19-10-7-16(8-11-19)26(34)35-15-23(31)20-12-9-17(27)13-21(20)28/h7-13,18,22H,2-6,14-15H2,1H3. The molecule has 7 nitrogen and oxygen atoms in total. The normalized spacial score (nSPS) is 18.9. The van der Waals surface area contributed by atoms with E-state index in [1.807, 2.05) is 7.05 Å². The summed E-state index contributed by atoms with van der Waals surface area (Å²) in [6.45, 7) is -0.486. The molecule has 0 spiro atoms. The predicted octanol–water partition coefficient (Wildman–Crippen LogP) is 4.93. The number of hydrogen-bond acceptors (Lipinski definition) is 6. The molecule has 2 amide bonds. The van der Waals surface area contributed by atoms with E-state index in [2.05, 4.69) is 4.90 Å². The van der Waals surface area contributed by atoms with Crippen molar-refractivity contribution < 1.29 is 23.9 Å². The van der Waals surface area contributed by atoms with E-state index in [1.54, 1.807) is 0 Å². The topological polar surface area (TPSA) is 84.0 Å². The van der Waals surface area contributed by atoms with Crippen LogP contribution in [-0.2, 0) is 14.3 Å². The number of benzene rings is 2. The van der Waals surface area contributed by atoms with Crippen LogP contribution in [-0.4, -0.2) is 54.2 Å². The van der Waals surface area contributed by atoms with Crippen molar-refractivity contribution in [3.63, 3.8) is 0 Å². The van der Waals surface area contributed by atoms with Crippen LogP contribution < -0.4 is 4.90 Å². The van der Waals surface area contributed by atoms with E-state index in [0.717, 1.165) is 25.7 Å². The fourth-order valence-corrected chi connectivity index (χ4v) is 5.22. The number of Topliss-reactive ketones (excluding diaryl/α,β-unsaturated/α-hetero) is 1. The molecule has 1 saturated heterocycles. The van der Waals surface area contributed by atoms with Gasteiger partial charge in [0.2, 0.25) is 11.7 Å². The molecule has 0 bridgehead atoms. The van der Waals surface area contributed by atoms with Crippen LogP contribution >= 0.6 is 23.2 Å². The largest absolute Gasteiger partial charge is 0.454 e. The van der Waals surface area contributed by atoms with Gasteiger partial charge in [0.25, 0.3) is 5.91 Å². The molecule has 4 rings (SSSR count). The monoisotopic (exact) mass is 516 g/mol. The molecule has 2 fully saturated rings. The highest BCUT2D eigenvalue weighted by Crippen LogP contribution is 2.30. The number of rotatable bonds is 7. The molecule has 1 aliphatic carbocycles. The van der Waals surface area contributed by atoms with Gasteiger partial charge in [-0.3, -0.25) is 19.3 Å². The first kappa shape index (κ1) is 25.4. The number of carbonyl (C=O) groups excluding carboxylic acids is 4. The summed E-state index contributed by atoms with van der Waals surface area (Å²) in [6.07, 6.45) is 5.72. The van der Waals surface area contributed by atoms with Crippen LogP contribution in [0.5, 0.6) is 0 Å². The lowest BCUT2D eigenvalue weighted by Crippen LogP contribution is -2.45. The van der Waals surface area contributed by atoms with E-state index < -0.39 is 24.4 Å². The number of likely N-dealkylation sites (N-methyl/N-ethyl adjacent to an activating group) is 1. The van der Waals surface area contributed by atoms with Gasteiger partial charge in [-0.15, -0.1) is 0 Å². The van der Waals surface area contributed by atoms with E-state index in [0.29, 0.717) is 16.8 Å². The third-order valence-corrected chi connectivity index (χ3v) is 7.24. The fraction of sp³-hybridized carbons (Fsp3) is 0.385. The number of imide groups is 1. The maximum atomic E-state index is 13.1. The third-order valence-electron chi connectivity index (χ3n) is 6.69.